The van der Waals surface area contributed by atoms with Gasteiger partial charge in [0.25, 0.3) is 0 Å². The quantitative estimate of drug-likeness (QED) is 0.708. The second kappa shape index (κ2) is 9.29. The molecule has 0 saturated carbocycles. The summed E-state index contributed by atoms with van der Waals surface area (Å²) < 4.78 is 27.6. The van der Waals surface area contributed by atoms with E-state index >= 15 is 0 Å². The summed E-state index contributed by atoms with van der Waals surface area (Å²) in [4.78, 5) is 16.8. The maximum Gasteiger partial charge on any atom is 0.243 e. The maximum absolute atomic E-state index is 13.1. The van der Waals surface area contributed by atoms with Crippen LogP contribution >= 0.6 is 0 Å². The highest BCUT2D eigenvalue weighted by Gasteiger charge is 2.30. The third kappa shape index (κ3) is 5.28. The monoisotopic (exact) mass is 429 g/mol. The highest BCUT2D eigenvalue weighted by molar-refractivity contribution is 7.89. The summed E-state index contributed by atoms with van der Waals surface area (Å²) in [5, 5.41) is 0. The third-order valence-electron chi connectivity index (χ3n) is 5.62. The fourth-order valence-corrected chi connectivity index (χ4v) is 5.35. The normalized spacial score (nSPS) is 15.9. The molecule has 1 amide bonds. The molecule has 1 fully saturated rings. The number of likely N-dealkylation sites (N-methyl/N-ethyl adjacent to an activating group) is 1. The first kappa shape index (κ1) is 22.5. The number of carbonyl (C=O) groups is 1. The van der Waals surface area contributed by atoms with Gasteiger partial charge in [0.2, 0.25) is 15.9 Å². The van der Waals surface area contributed by atoms with E-state index in [1.54, 1.807) is 11.0 Å². The molecule has 0 radical (unpaired) electrons. The van der Waals surface area contributed by atoms with Crippen LogP contribution in [0.2, 0.25) is 0 Å². The van der Waals surface area contributed by atoms with Gasteiger partial charge in [-0.1, -0.05) is 42.0 Å². The molecule has 1 heterocycles. The van der Waals surface area contributed by atoms with Gasteiger partial charge in [-0.15, -0.1) is 0 Å². The van der Waals surface area contributed by atoms with E-state index in [1.807, 2.05) is 69.1 Å². The van der Waals surface area contributed by atoms with Gasteiger partial charge in [-0.2, -0.15) is 4.31 Å². The predicted molar refractivity (Wildman–Crippen MR) is 119 cm³/mol. The Kier molecular flexibility index (Phi) is 6.95. The summed E-state index contributed by atoms with van der Waals surface area (Å²) in [5.74, 6) is 0.0430. The van der Waals surface area contributed by atoms with Crippen molar-refractivity contribution >= 4 is 15.9 Å². The number of carbonyl (C=O) groups excluding carboxylic acids is 1. The number of piperazine rings is 1. The number of sulfonamides is 1. The molecule has 3 rings (SSSR count). The molecule has 30 heavy (non-hydrogen) atoms. The fourth-order valence-electron chi connectivity index (χ4n) is 3.62. The molecule has 0 N–H and O–H groups in total. The van der Waals surface area contributed by atoms with Crippen molar-refractivity contribution in [2.24, 2.45) is 0 Å². The van der Waals surface area contributed by atoms with Crippen LogP contribution in [0, 0.1) is 20.8 Å². The van der Waals surface area contributed by atoms with E-state index in [2.05, 4.69) is 0 Å². The second-order valence-corrected chi connectivity index (χ2v) is 10.1. The molecule has 162 valence electrons. The van der Waals surface area contributed by atoms with Gasteiger partial charge >= 0.3 is 0 Å². The summed E-state index contributed by atoms with van der Waals surface area (Å²) in [6.45, 7) is 8.52. The van der Waals surface area contributed by atoms with Crippen LogP contribution in [0.3, 0.4) is 0 Å². The van der Waals surface area contributed by atoms with Crippen LogP contribution in [0.4, 0.5) is 0 Å². The molecule has 0 aromatic heterocycles. The van der Waals surface area contributed by atoms with Crippen molar-refractivity contribution in [2.75, 3.05) is 39.8 Å². The Morgan fingerprint density at radius 1 is 0.933 bits per heavy atom. The van der Waals surface area contributed by atoms with E-state index in [0.717, 1.165) is 16.7 Å². The summed E-state index contributed by atoms with van der Waals surface area (Å²) in [7, 11) is -1.71. The van der Waals surface area contributed by atoms with Crippen molar-refractivity contribution < 1.29 is 13.2 Å². The zero-order chi connectivity index (χ0) is 21.9. The first-order chi connectivity index (χ1) is 14.2. The van der Waals surface area contributed by atoms with Crippen LogP contribution in [0.15, 0.2) is 47.4 Å². The molecule has 2 aromatic carbocycles. The number of benzene rings is 2. The highest BCUT2D eigenvalue weighted by atomic mass is 32.2. The fraction of sp³-hybridized carbons (Fsp3) is 0.435. The van der Waals surface area contributed by atoms with Crippen molar-refractivity contribution in [3.63, 3.8) is 0 Å². The molecule has 6 nitrogen and oxygen atoms in total. The Balaban J connectivity index is 1.55. The lowest BCUT2D eigenvalue weighted by molar-refractivity contribution is -0.131. The van der Waals surface area contributed by atoms with Crippen LogP contribution in [0.5, 0.6) is 0 Å². The summed E-state index contributed by atoms with van der Waals surface area (Å²) in [6.07, 6.45) is 0. The molecule has 0 unspecified atom stereocenters. The number of aryl methyl sites for hydroxylation is 3. The van der Waals surface area contributed by atoms with Crippen molar-refractivity contribution in [1.29, 1.82) is 0 Å². The van der Waals surface area contributed by atoms with Gasteiger partial charge in [-0.3, -0.25) is 9.69 Å². The molecular weight excluding hydrogens is 398 g/mol. The molecule has 1 aliphatic rings. The number of hydrogen-bond acceptors (Lipinski definition) is 4. The van der Waals surface area contributed by atoms with Gasteiger partial charge in [0.1, 0.15) is 0 Å². The lowest BCUT2D eigenvalue weighted by Crippen LogP contribution is -2.51. The largest absolute Gasteiger partial charge is 0.340 e. The van der Waals surface area contributed by atoms with Gasteiger partial charge in [0.15, 0.2) is 0 Å². The Morgan fingerprint density at radius 2 is 1.53 bits per heavy atom. The zero-order valence-corrected chi connectivity index (χ0v) is 19.1. The molecule has 0 spiro atoms. The van der Waals surface area contributed by atoms with E-state index < -0.39 is 10.0 Å². The highest BCUT2D eigenvalue weighted by Crippen LogP contribution is 2.22. The van der Waals surface area contributed by atoms with E-state index in [-0.39, 0.29) is 5.91 Å². The van der Waals surface area contributed by atoms with Gasteiger partial charge < -0.3 is 4.90 Å². The van der Waals surface area contributed by atoms with E-state index in [9.17, 15) is 13.2 Å². The number of hydrogen-bond donors (Lipinski definition) is 0. The Labute approximate surface area is 180 Å². The Bertz CT molecular complexity index is 995. The second-order valence-electron chi connectivity index (χ2n) is 8.18. The molecule has 7 heteroatoms. The Morgan fingerprint density at radius 3 is 2.17 bits per heavy atom. The first-order valence-corrected chi connectivity index (χ1v) is 11.7. The minimum atomic E-state index is -3.52. The number of amides is 1. The van der Waals surface area contributed by atoms with E-state index in [1.165, 1.54) is 9.87 Å². The average molecular weight is 430 g/mol. The van der Waals surface area contributed by atoms with Crippen molar-refractivity contribution in [3.05, 3.63) is 64.7 Å². The topological polar surface area (TPSA) is 60.9 Å². The summed E-state index contributed by atoms with van der Waals surface area (Å²) in [6, 6.07) is 13.7. The minimum absolute atomic E-state index is 0.0430. The molecule has 0 atom stereocenters. The van der Waals surface area contributed by atoms with Crippen LogP contribution in [-0.2, 0) is 21.4 Å². The number of nitrogens with zero attached hydrogens (tertiary/aromatic N) is 3. The van der Waals surface area contributed by atoms with Gasteiger partial charge in [0.05, 0.1) is 11.4 Å². The summed E-state index contributed by atoms with van der Waals surface area (Å²) >= 11 is 0. The minimum Gasteiger partial charge on any atom is -0.340 e. The molecule has 0 aliphatic carbocycles. The van der Waals surface area contributed by atoms with Gasteiger partial charge in [-0.25, -0.2) is 8.42 Å². The molecule has 0 bridgehead atoms. The third-order valence-corrected chi connectivity index (χ3v) is 7.66. The molecule has 2 aromatic rings. The SMILES string of the molecule is Cc1ccc(CN(C)C(=O)CN2CCN(S(=O)(=O)c3cc(C)ccc3C)CC2)cc1. The lowest BCUT2D eigenvalue weighted by Gasteiger charge is -2.34. The molecule has 1 aliphatic heterocycles. The van der Waals surface area contributed by atoms with Crippen molar-refractivity contribution in [3.8, 4) is 0 Å². The van der Waals surface area contributed by atoms with Crippen LogP contribution in [-0.4, -0.2) is 68.2 Å². The van der Waals surface area contributed by atoms with Crippen LogP contribution in [0.25, 0.3) is 0 Å². The van der Waals surface area contributed by atoms with Crippen molar-refractivity contribution in [2.45, 2.75) is 32.2 Å². The van der Waals surface area contributed by atoms with Gasteiger partial charge in [0, 0.05) is 39.8 Å². The van der Waals surface area contributed by atoms with E-state index in [0.29, 0.717) is 44.2 Å². The maximum atomic E-state index is 13.1. The smallest absolute Gasteiger partial charge is 0.243 e. The van der Waals surface area contributed by atoms with Gasteiger partial charge in [-0.05, 0) is 43.5 Å². The predicted octanol–water partition coefficient (Wildman–Crippen LogP) is 2.58. The van der Waals surface area contributed by atoms with Crippen LogP contribution in [0.1, 0.15) is 22.3 Å². The molecule has 1 saturated heterocycles. The first-order valence-electron chi connectivity index (χ1n) is 10.3. The Hall–Kier alpha value is -2.22. The summed E-state index contributed by atoms with van der Waals surface area (Å²) in [5.41, 5.74) is 3.98. The van der Waals surface area contributed by atoms with Crippen LogP contribution < -0.4 is 0 Å². The average Bonchev–Trinajstić information content (AvgIpc) is 2.71. The van der Waals surface area contributed by atoms with E-state index in [4.69, 9.17) is 0 Å². The van der Waals surface area contributed by atoms with Crippen molar-refractivity contribution in [1.82, 2.24) is 14.1 Å². The zero-order valence-electron chi connectivity index (χ0n) is 18.3. The standard InChI is InChI=1S/C23H31N3O3S/c1-18-6-9-21(10-7-18)16-24(4)23(27)17-25-11-13-26(14-12-25)30(28,29)22-15-19(2)5-8-20(22)3/h5-10,15H,11-14,16-17H2,1-4H3. The number of rotatable bonds is 6. The molecular formula is C23H31N3O3S. The lowest BCUT2D eigenvalue weighted by atomic mass is 10.1.